The molecule has 1 saturated heterocycles. The second-order valence-electron chi connectivity index (χ2n) is 8.81. The van der Waals surface area contributed by atoms with Crippen LogP contribution in [0.25, 0.3) is 11.3 Å². The van der Waals surface area contributed by atoms with Crippen LogP contribution in [0.3, 0.4) is 0 Å². The van der Waals surface area contributed by atoms with Crippen LogP contribution in [0, 0.1) is 0 Å². The molecule has 0 aromatic carbocycles. The van der Waals surface area contributed by atoms with E-state index in [0.717, 1.165) is 36.1 Å². The largest absolute Gasteiger partial charge is 0.408 e. The van der Waals surface area contributed by atoms with Crippen molar-refractivity contribution in [1.82, 2.24) is 19.7 Å². The average molecular weight is 484 g/mol. The molecule has 8 nitrogen and oxygen atoms in total. The maximum absolute atomic E-state index is 13.1. The smallest absolute Gasteiger partial charge is 0.319 e. The Morgan fingerprint density at radius 3 is 2.74 bits per heavy atom. The Balaban J connectivity index is 1.38. The monoisotopic (exact) mass is 484 g/mol. The van der Waals surface area contributed by atoms with Gasteiger partial charge in [-0.2, -0.15) is 18.3 Å². The molecule has 3 aromatic heterocycles. The molecule has 0 radical (unpaired) electrons. The van der Waals surface area contributed by atoms with Crippen molar-refractivity contribution in [2.24, 2.45) is 0 Å². The van der Waals surface area contributed by atoms with Crippen LogP contribution in [0.1, 0.15) is 54.2 Å². The maximum Gasteiger partial charge on any atom is 0.408 e. The Labute approximate surface area is 199 Å². The van der Waals surface area contributed by atoms with Crippen LogP contribution < -0.4 is 10.2 Å². The van der Waals surface area contributed by atoms with E-state index < -0.39 is 18.6 Å². The third kappa shape index (κ3) is 5.33. The topological polar surface area (TPSA) is 93.0 Å². The zero-order valence-electron chi connectivity index (χ0n) is 18.8. The Kier molecular flexibility index (Phi) is 6.00. The standard InChI is InChI=1S/C24H23F3N6O2/c25-24(26,27)14-32-13-16(11-29-32)18-4-3-5-19(30-18)23(35)31-20-10-17(12-28-22(20)15-7-8-15)33-9-2-1-6-21(33)34/h3-5,10-13,15H,1-2,6-9,14H2,(H,31,35). The van der Waals surface area contributed by atoms with Gasteiger partial charge in [-0.3, -0.25) is 19.3 Å². The number of carbonyl (C=O) groups excluding carboxylic acids is 2. The van der Waals surface area contributed by atoms with Crippen molar-refractivity contribution >= 4 is 23.2 Å². The van der Waals surface area contributed by atoms with Crippen LogP contribution in [0.4, 0.5) is 24.5 Å². The summed E-state index contributed by atoms with van der Waals surface area (Å²) in [4.78, 5) is 36.0. The number of carbonyl (C=O) groups is 2. The minimum absolute atomic E-state index is 0.0370. The SMILES string of the molecule is O=C(Nc1cc(N2CCCCC2=O)cnc1C1CC1)c1cccc(-c2cnn(CC(F)(F)F)c2)n1. The lowest BCUT2D eigenvalue weighted by Crippen LogP contribution is -2.35. The Bertz CT molecular complexity index is 1270. The minimum atomic E-state index is -4.39. The molecule has 0 bridgehead atoms. The van der Waals surface area contributed by atoms with Crippen LogP contribution in [-0.2, 0) is 11.3 Å². The molecule has 11 heteroatoms. The van der Waals surface area contributed by atoms with Gasteiger partial charge in [0.15, 0.2) is 0 Å². The molecule has 5 rings (SSSR count). The second-order valence-corrected chi connectivity index (χ2v) is 8.81. The van der Waals surface area contributed by atoms with E-state index in [1.54, 1.807) is 29.3 Å². The van der Waals surface area contributed by atoms with Gasteiger partial charge in [0.1, 0.15) is 12.2 Å². The van der Waals surface area contributed by atoms with Crippen molar-refractivity contribution in [2.75, 3.05) is 16.8 Å². The second kappa shape index (κ2) is 9.12. The molecule has 1 saturated carbocycles. The van der Waals surface area contributed by atoms with Crippen LogP contribution in [0.15, 0.2) is 42.9 Å². The van der Waals surface area contributed by atoms with E-state index in [0.29, 0.717) is 35.6 Å². The van der Waals surface area contributed by atoms with Gasteiger partial charge in [0.05, 0.1) is 35.2 Å². The number of pyridine rings is 2. The molecule has 3 aromatic rings. The van der Waals surface area contributed by atoms with Crippen LogP contribution >= 0.6 is 0 Å². The summed E-state index contributed by atoms with van der Waals surface area (Å²) in [7, 11) is 0. The van der Waals surface area contributed by atoms with Crippen molar-refractivity contribution in [3.05, 3.63) is 54.2 Å². The lowest BCUT2D eigenvalue weighted by atomic mass is 10.1. The summed E-state index contributed by atoms with van der Waals surface area (Å²) in [6.45, 7) is -0.595. The molecule has 1 N–H and O–H groups in total. The summed E-state index contributed by atoms with van der Waals surface area (Å²) in [5.74, 6) is -0.175. The molecule has 2 aliphatic rings. The maximum atomic E-state index is 13.1. The Hall–Kier alpha value is -3.76. The van der Waals surface area contributed by atoms with Crippen molar-refractivity contribution in [3.63, 3.8) is 0 Å². The molecule has 1 aliphatic carbocycles. The van der Waals surface area contributed by atoms with Crippen molar-refractivity contribution < 1.29 is 22.8 Å². The number of hydrogen-bond acceptors (Lipinski definition) is 5. The number of nitrogens with one attached hydrogen (secondary N) is 1. The first kappa shape index (κ1) is 23.0. The van der Waals surface area contributed by atoms with E-state index in [-0.39, 0.29) is 17.5 Å². The molecule has 1 aliphatic heterocycles. The van der Waals surface area contributed by atoms with E-state index >= 15 is 0 Å². The average Bonchev–Trinajstić information content (AvgIpc) is 3.57. The number of anilines is 2. The molecule has 2 amide bonds. The highest BCUT2D eigenvalue weighted by atomic mass is 19.4. The van der Waals surface area contributed by atoms with Crippen molar-refractivity contribution in [1.29, 1.82) is 0 Å². The zero-order chi connectivity index (χ0) is 24.6. The van der Waals surface area contributed by atoms with Gasteiger partial charge >= 0.3 is 6.18 Å². The van der Waals surface area contributed by atoms with E-state index in [9.17, 15) is 22.8 Å². The number of amides is 2. The van der Waals surface area contributed by atoms with Gasteiger partial charge in [0.2, 0.25) is 5.91 Å². The fourth-order valence-electron chi connectivity index (χ4n) is 4.15. The molecular formula is C24H23F3N6O2. The van der Waals surface area contributed by atoms with Gasteiger partial charge in [-0.15, -0.1) is 0 Å². The number of hydrogen-bond donors (Lipinski definition) is 1. The number of nitrogens with zero attached hydrogens (tertiary/aromatic N) is 5. The molecule has 0 spiro atoms. The molecule has 4 heterocycles. The summed E-state index contributed by atoms with van der Waals surface area (Å²) < 4.78 is 38.7. The van der Waals surface area contributed by atoms with Crippen LogP contribution in [-0.4, -0.2) is 44.3 Å². The normalized spacial score (nSPS) is 16.4. The van der Waals surface area contributed by atoms with Gasteiger partial charge in [-0.1, -0.05) is 6.07 Å². The first-order valence-corrected chi connectivity index (χ1v) is 11.4. The van der Waals surface area contributed by atoms with Crippen LogP contribution in [0.2, 0.25) is 0 Å². The van der Waals surface area contributed by atoms with Gasteiger partial charge < -0.3 is 10.2 Å². The van der Waals surface area contributed by atoms with Crippen molar-refractivity contribution in [3.8, 4) is 11.3 Å². The van der Waals surface area contributed by atoms with Crippen molar-refractivity contribution in [2.45, 2.75) is 50.7 Å². The summed E-state index contributed by atoms with van der Waals surface area (Å²) in [5.41, 5.74) is 2.77. The number of aromatic nitrogens is 4. The summed E-state index contributed by atoms with van der Waals surface area (Å²) in [5, 5.41) is 6.62. The van der Waals surface area contributed by atoms with Gasteiger partial charge in [0.25, 0.3) is 5.91 Å². The number of rotatable bonds is 6. The van der Waals surface area contributed by atoms with E-state index in [1.807, 2.05) is 0 Å². The Morgan fingerprint density at radius 2 is 2.00 bits per heavy atom. The third-order valence-electron chi connectivity index (χ3n) is 6.00. The fraction of sp³-hybridized carbons (Fsp3) is 0.375. The van der Waals surface area contributed by atoms with Gasteiger partial charge in [-0.05, 0) is 43.9 Å². The molecule has 35 heavy (non-hydrogen) atoms. The molecular weight excluding hydrogens is 461 g/mol. The predicted octanol–water partition coefficient (Wildman–Crippen LogP) is 4.55. The first-order valence-electron chi connectivity index (χ1n) is 11.4. The highest BCUT2D eigenvalue weighted by Gasteiger charge is 2.30. The summed E-state index contributed by atoms with van der Waals surface area (Å²) in [6, 6.07) is 6.53. The predicted molar refractivity (Wildman–Crippen MR) is 122 cm³/mol. The molecule has 182 valence electrons. The molecule has 2 fully saturated rings. The fourth-order valence-corrected chi connectivity index (χ4v) is 4.15. The van der Waals surface area contributed by atoms with E-state index in [2.05, 4.69) is 20.4 Å². The zero-order valence-corrected chi connectivity index (χ0v) is 18.8. The number of alkyl halides is 3. The van der Waals surface area contributed by atoms with Gasteiger partial charge in [0, 0.05) is 30.6 Å². The lowest BCUT2D eigenvalue weighted by Gasteiger charge is -2.27. The number of halogens is 3. The molecule has 0 unspecified atom stereocenters. The molecule has 0 atom stereocenters. The lowest BCUT2D eigenvalue weighted by molar-refractivity contribution is -0.142. The van der Waals surface area contributed by atoms with E-state index in [4.69, 9.17) is 0 Å². The minimum Gasteiger partial charge on any atom is -0.319 e. The summed E-state index contributed by atoms with van der Waals surface area (Å²) in [6.07, 6.45) is 4.04. The highest BCUT2D eigenvalue weighted by Crippen LogP contribution is 2.43. The van der Waals surface area contributed by atoms with Gasteiger partial charge in [-0.25, -0.2) is 4.98 Å². The van der Waals surface area contributed by atoms with E-state index in [1.165, 1.54) is 18.5 Å². The summed E-state index contributed by atoms with van der Waals surface area (Å²) >= 11 is 0. The Morgan fingerprint density at radius 1 is 1.17 bits per heavy atom. The third-order valence-corrected chi connectivity index (χ3v) is 6.00. The number of piperidine rings is 1. The quantitative estimate of drug-likeness (QED) is 0.554. The highest BCUT2D eigenvalue weighted by molar-refractivity contribution is 6.04. The first-order chi connectivity index (χ1) is 16.8. The van der Waals surface area contributed by atoms with Crippen LogP contribution in [0.5, 0.6) is 0 Å².